The normalized spacial score (nSPS) is 23.0. The van der Waals surface area contributed by atoms with E-state index in [4.69, 9.17) is 4.74 Å². The number of likely N-dealkylation sites (tertiary alicyclic amines) is 1. The fraction of sp³-hybridized carbons (Fsp3) is 0.389. The number of carbonyl (C=O) groups excluding carboxylic acids is 2. The highest BCUT2D eigenvalue weighted by atomic mass is 16.5. The molecule has 0 radical (unpaired) electrons. The zero-order chi connectivity index (χ0) is 17.4. The van der Waals surface area contributed by atoms with Gasteiger partial charge in [0.05, 0.1) is 18.3 Å². The van der Waals surface area contributed by atoms with E-state index < -0.39 is 0 Å². The number of ether oxygens (including phenoxy) is 1. The highest BCUT2D eigenvalue weighted by molar-refractivity contribution is 5.96. The summed E-state index contributed by atoms with van der Waals surface area (Å²) in [6.45, 7) is 3.17. The first-order valence-electron chi connectivity index (χ1n) is 8.37. The molecule has 2 saturated heterocycles. The minimum absolute atomic E-state index is 0.0124. The van der Waals surface area contributed by atoms with Gasteiger partial charge in [0.2, 0.25) is 5.91 Å². The quantitative estimate of drug-likeness (QED) is 0.830. The fourth-order valence-corrected chi connectivity index (χ4v) is 3.52. The molecule has 7 nitrogen and oxygen atoms in total. The van der Waals surface area contributed by atoms with Crippen molar-refractivity contribution in [1.82, 2.24) is 14.7 Å². The van der Waals surface area contributed by atoms with Gasteiger partial charge in [0, 0.05) is 25.0 Å². The molecule has 0 saturated carbocycles. The Morgan fingerprint density at radius 1 is 1.28 bits per heavy atom. The first-order chi connectivity index (χ1) is 12.1. The lowest BCUT2D eigenvalue weighted by Gasteiger charge is -2.36. The van der Waals surface area contributed by atoms with E-state index in [-0.39, 0.29) is 37.1 Å². The summed E-state index contributed by atoms with van der Waals surface area (Å²) in [5.41, 5.74) is 1.87. The maximum Gasteiger partial charge on any atom is 0.253 e. The third kappa shape index (κ3) is 3.02. The van der Waals surface area contributed by atoms with Crippen molar-refractivity contribution < 1.29 is 14.3 Å². The van der Waals surface area contributed by atoms with E-state index in [1.807, 2.05) is 43.5 Å². The summed E-state index contributed by atoms with van der Waals surface area (Å²) in [4.78, 5) is 28.5. The highest BCUT2D eigenvalue weighted by Gasteiger charge is 2.45. The molecule has 4 rings (SSSR count). The first-order valence-corrected chi connectivity index (χ1v) is 8.37. The molecule has 0 bridgehead atoms. The number of anilines is 1. The third-order valence-electron chi connectivity index (χ3n) is 4.70. The Morgan fingerprint density at radius 2 is 2.08 bits per heavy atom. The van der Waals surface area contributed by atoms with Crippen molar-refractivity contribution in [2.75, 3.05) is 24.6 Å². The zero-order valence-corrected chi connectivity index (χ0v) is 14.0. The number of nitrogens with zero attached hydrogens (tertiary/aromatic N) is 4. The van der Waals surface area contributed by atoms with Gasteiger partial charge in [-0.25, -0.2) is 0 Å². The first kappa shape index (κ1) is 15.8. The van der Waals surface area contributed by atoms with Crippen molar-refractivity contribution >= 4 is 17.5 Å². The van der Waals surface area contributed by atoms with Crippen molar-refractivity contribution in [2.24, 2.45) is 0 Å². The van der Waals surface area contributed by atoms with Gasteiger partial charge < -0.3 is 14.5 Å². The van der Waals surface area contributed by atoms with E-state index in [1.165, 1.54) is 0 Å². The van der Waals surface area contributed by atoms with Gasteiger partial charge in [0.1, 0.15) is 13.2 Å². The summed E-state index contributed by atoms with van der Waals surface area (Å²) in [5, 5.41) is 4.17. The molecule has 3 heterocycles. The molecule has 2 atom stereocenters. The summed E-state index contributed by atoms with van der Waals surface area (Å²) < 4.78 is 7.33. The van der Waals surface area contributed by atoms with Crippen LogP contribution < -0.4 is 4.90 Å². The summed E-state index contributed by atoms with van der Waals surface area (Å²) in [5.74, 6) is -0.0778. The van der Waals surface area contributed by atoms with Crippen LogP contribution in [0.3, 0.4) is 0 Å². The summed E-state index contributed by atoms with van der Waals surface area (Å²) in [6.07, 6.45) is 3.43. The van der Waals surface area contributed by atoms with Crippen LogP contribution in [0, 0.1) is 6.92 Å². The Labute approximate surface area is 145 Å². The minimum Gasteiger partial charge on any atom is -0.364 e. The molecule has 130 valence electrons. The second-order valence-corrected chi connectivity index (χ2v) is 6.53. The van der Waals surface area contributed by atoms with Crippen molar-refractivity contribution in [3.63, 3.8) is 0 Å². The number of hydrogen-bond donors (Lipinski definition) is 0. The van der Waals surface area contributed by atoms with Crippen LogP contribution in [0.15, 0.2) is 42.7 Å². The van der Waals surface area contributed by atoms with E-state index in [0.29, 0.717) is 13.1 Å². The number of morpholine rings is 1. The second-order valence-electron chi connectivity index (χ2n) is 6.53. The molecular weight excluding hydrogens is 320 g/mol. The number of aryl methyl sites for hydroxylation is 1. The van der Waals surface area contributed by atoms with Gasteiger partial charge in [-0.2, -0.15) is 5.10 Å². The molecule has 2 aliphatic rings. The van der Waals surface area contributed by atoms with Crippen LogP contribution in [0.5, 0.6) is 0 Å². The lowest BCUT2D eigenvalue weighted by atomic mass is 10.1. The number of benzene rings is 1. The molecule has 2 aromatic rings. The van der Waals surface area contributed by atoms with Gasteiger partial charge in [-0.15, -0.1) is 0 Å². The van der Waals surface area contributed by atoms with Gasteiger partial charge >= 0.3 is 0 Å². The van der Waals surface area contributed by atoms with E-state index in [2.05, 4.69) is 5.10 Å². The van der Waals surface area contributed by atoms with Gasteiger partial charge in [-0.3, -0.25) is 14.3 Å². The summed E-state index contributed by atoms with van der Waals surface area (Å²) in [7, 11) is 0. The maximum absolute atomic E-state index is 12.6. The molecule has 25 heavy (non-hydrogen) atoms. The second kappa shape index (κ2) is 6.33. The Bertz CT molecular complexity index is 789. The SMILES string of the molecule is Cc1cnn(CC(=O)N2C[C@@H]3OCC(=O)N(c4ccccc4)[C@H]3C2)c1. The standard InChI is InChI=1S/C18H20N4O3/c1-13-7-19-21(8-13)11-17(23)20-9-15-16(10-20)25-12-18(24)22(15)14-5-3-2-4-6-14/h2-8,15-16H,9-12H2,1H3/t15-,16-/m0/s1. The van der Waals surface area contributed by atoms with E-state index in [9.17, 15) is 9.59 Å². The van der Waals surface area contributed by atoms with Gasteiger partial charge in [-0.05, 0) is 24.6 Å². The molecule has 0 N–H and O–H groups in total. The molecule has 0 aliphatic carbocycles. The van der Waals surface area contributed by atoms with Crippen LogP contribution in [0.25, 0.3) is 0 Å². The molecule has 2 fully saturated rings. The zero-order valence-electron chi connectivity index (χ0n) is 14.0. The maximum atomic E-state index is 12.6. The Hall–Kier alpha value is -2.67. The van der Waals surface area contributed by atoms with Crippen molar-refractivity contribution in [3.05, 3.63) is 48.3 Å². The molecule has 2 amide bonds. The molecule has 7 heteroatoms. The Morgan fingerprint density at radius 3 is 2.80 bits per heavy atom. The largest absolute Gasteiger partial charge is 0.364 e. The molecule has 0 unspecified atom stereocenters. The van der Waals surface area contributed by atoms with Crippen molar-refractivity contribution in [3.8, 4) is 0 Å². The average Bonchev–Trinajstić information content (AvgIpc) is 3.21. The number of rotatable bonds is 3. The summed E-state index contributed by atoms with van der Waals surface area (Å²) in [6, 6.07) is 9.42. The Balaban J connectivity index is 1.50. The minimum atomic E-state index is -0.152. The van der Waals surface area contributed by atoms with Crippen LogP contribution >= 0.6 is 0 Å². The molecule has 1 aromatic heterocycles. The molecule has 1 aromatic carbocycles. The number of carbonyl (C=O) groups is 2. The van der Waals surface area contributed by atoms with E-state index in [0.717, 1.165) is 11.3 Å². The topological polar surface area (TPSA) is 67.7 Å². The van der Waals surface area contributed by atoms with Crippen LogP contribution in [0.4, 0.5) is 5.69 Å². The average molecular weight is 340 g/mol. The number of amides is 2. The predicted octanol–water partition coefficient (Wildman–Crippen LogP) is 0.834. The van der Waals surface area contributed by atoms with Crippen molar-refractivity contribution in [2.45, 2.75) is 25.6 Å². The van der Waals surface area contributed by atoms with Gasteiger partial charge in [-0.1, -0.05) is 18.2 Å². The number of hydrogen-bond acceptors (Lipinski definition) is 4. The number of fused-ring (bicyclic) bond motifs is 1. The third-order valence-corrected chi connectivity index (χ3v) is 4.70. The van der Waals surface area contributed by atoms with Crippen molar-refractivity contribution in [1.29, 1.82) is 0 Å². The highest BCUT2D eigenvalue weighted by Crippen LogP contribution is 2.28. The lowest BCUT2D eigenvalue weighted by molar-refractivity contribution is -0.131. The van der Waals surface area contributed by atoms with Gasteiger partial charge in [0.15, 0.2) is 0 Å². The number of para-hydroxylation sites is 1. The van der Waals surface area contributed by atoms with Crippen LogP contribution in [-0.4, -0.2) is 58.3 Å². The van der Waals surface area contributed by atoms with Crippen LogP contribution in [-0.2, 0) is 20.9 Å². The molecule has 2 aliphatic heterocycles. The predicted molar refractivity (Wildman–Crippen MR) is 91.0 cm³/mol. The molecular formula is C18H20N4O3. The van der Waals surface area contributed by atoms with Crippen LogP contribution in [0.2, 0.25) is 0 Å². The monoisotopic (exact) mass is 340 g/mol. The van der Waals surface area contributed by atoms with Crippen LogP contribution in [0.1, 0.15) is 5.56 Å². The molecule has 0 spiro atoms. The summed E-state index contributed by atoms with van der Waals surface area (Å²) >= 11 is 0. The van der Waals surface area contributed by atoms with E-state index >= 15 is 0 Å². The van der Waals surface area contributed by atoms with E-state index in [1.54, 1.807) is 20.7 Å². The Kier molecular flexibility index (Phi) is 4.01. The smallest absolute Gasteiger partial charge is 0.253 e. The van der Waals surface area contributed by atoms with Gasteiger partial charge in [0.25, 0.3) is 5.91 Å². The fourth-order valence-electron chi connectivity index (χ4n) is 3.52. The lowest BCUT2D eigenvalue weighted by Crippen LogP contribution is -2.54. The number of aromatic nitrogens is 2.